The van der Waals surface area contributed by atoms with Gasteiger partial charge < -0.3 is 14.8 Å². The lowest BCUT2D eigenvalue weighted by Crippen LogP contribution is -2.31. The summed E-state index contributed by atoms with van der Waals surface area (Å²) in [6, 6.07) is 14.0. The van der Waals surface area contributed by atoms with Crippen LogP contribution >= 0.6 is 0 Å². The number of nitrogens with one attached hydrogen (secondary N) is 1. The molecule has 0 fully saturated rings. The Kier molecular flexibility index (Phi) is 7.11. The second-order valence-electron chi connectivity index (χ2n) is 6.34. The summed E-state index contributed by atoms with van der Waals surface area (Å²) < 4.78 is 10.4. The molecule has 1 N–H and O–H groups in total. The van der Waals surface area contributed by atoms with Crippen molar-refractivity contribution in [3.05, 3.63) is 59.7 Å². The van der Waals surface area contributed by atoms with Gasteiger partial charge in [0.05, 0.1) is 5.56 Å². The maximum Gasteiger partial charge on any atom is 0.344 e. The topological polar surface area (TPSA) is 81.7 Å². The minimum absolute atomic E-state index is 0.284. The molecule has 0 aliphatic rings. The van der Waals surface area contributed by atoms with Crippen LogP contribution in [0.5, 0.6) is 5.75 Å². The molecule has 0 saturated carbocycles. The molecule has 0 aliphatic carbocycles. The van der Waals surface area contributed by atoms with Crippen LogP contribution in [0.2, 0.25) is 0 Å². The highest BCUT2D eigenvalue weighted by Gasteiger charge is 2.18. The minimum Gasteiger partial charge on any atom is -0.481 e. The lowest BCUT2D eigenvalue weighted by Gasteiger charge is -2.15. The zero-order chi connectivity index (χ0) is 19.8. The molecule has 0 bridgehead atoms. The van der Waals surface area contributed by atoms with Gasteiger partial charge in [-0.3, -0.25) is 9.59 Å². The maximum atomic E-state index is 12.2. The predicted octanol–water partition coefficient (Wildman–Crippen LogP) is 3.57. The summed E-state index contributed by atoms with van der Waals surface area (Å²) in [5.41, 5.74) is 2.13. The Labute approximate surface area is 158 Å². The Bertz CT molecular complexity index is 798. The average molecular weight is 369 g/mol. The third kappa shape index (κ3) is 5.95. The number of anilines is 1. The number of carbonyl (C=O) groups excluding carboxylic acids is 3. The smallest absolute Gasteiger partial charge is 0.344 e. The number of para-hydroxylation sites is 1. The molecule has 142 valence electrons. The quantitative estimate of drug-likeness (QED) is 0.568. The first-order valence-electron chi connectivity index (χ1n) is 8.68. The monoisotopic (exact) mass is 369 g/mol. The Balaban J connectivity index is 1.84. The van der Waals surface area contributed by atoms with Crippen molar-refractivity contribution in [2.45, 2.75) is 32.8 Å². The van der Waals surface area contributed by atoms with E-state index in [1.807, 2.05) is 12.1 Å². The maximum absolute atomic E-state index is 12.2. The SMILES string of the molecule is CC(C)c1ccc(NC(=O)[C@@H](C)OC(=O)COc2ccccc2C=O)cc1. The van der Waals surface area contributed by atoms with Crippen LogP contribution in [0, 0.1) is 0 Å². The zero-order valence-electron chi connectivity index (χ0n) is 15.6. The number of hydrogen-bond acceptors (Lipinski definition) is 5. The third-order valence-electron chi connectivity index (χ3n) is 3.91. The molecule has 2 rings (SSSR count). The van der Waals surface area contributed by atoms with Gasteiger partial charge in [-0.15, -0.1) is 0 Å². The Hall–Kier alpha value is -3.15. The molecule has 2 aromatic carbocycles. The van der Waals surface area contributed by atoms with Crippen molar-refractivity contribution in [3.8, 4) is 5.75 Å². The molecule has 0 heterocycles. The summed E-state index contributed by atoms with van der Waals surface area (Å²) >= 11 is 0. The number of carbonyl (C=O) groups is 3. The fourth-order valence-corrected chi connectivity index (χ4v) is 2.33. The van der Waals surface area contributed by atoms with Gasteiger partial charge in [-0.25, -0.2) is 4.79 Å². The number of aldehydes is 1. The largest absolute Gasteiger partial charge is 0.481 e. The second-order valence-corrected chi connectivity index (χ2v) is 6.34. The van der Waals surface area contributed by atoms with Crippen LogP contribution in [-0.4, -0.2) is 30.9 Å². The first-order valence-corrected chi connectivity index (χ1v) is 8.68. The van der Waals surface area contributed by atoms with E-state index >= 15 is 0 Å². The first-order chi connectivity index (χ1) is 12.9. The fraction of sp³-hybridized carbons (Fsp3) is 0.286. The van der Waals surface area contributed by atoms with Crippen molar-refractivity contribution in [2.24, 2.45) is 0 Å². The van der Waals surface area contributed by atoms with E-state index in [1.54, 1.807) is 36.4 Å². The van der Waals surface area contributed by atoms with Gasteiger partial charge in [0.2, 0.25) is 0 Å². The number of benzene rings is 2. The van der Waals surface area contributed by atoms with Crippen molar-refractivity contribution in [2.75, 3.05) is 11.9 Å². The summed E-state index contributed by atoms with van der Waals surface area (Å²) in [6.45, 7) is 5.26. The lowest BCUT2D eigenvalue weighted by molar-refractivity contribution is -0.155. The van der Waals surface area contributed by atoms with Gasteiger partial charge in [0.1, 0.15) is 5.75 Å². The van der Waals surface area contributed by atoms with E-state index in [0.717, 1.165) is 0 Å². The van der Waals surface area contributed by atoms with Gasteiger partial charge in [0.15, 0.2) is 19.0 Å². The third-order valence-corrected chi connectivity index (χ3v) is 3.91. The van der Waals surface area contributed by atoms with Gasteiger partial charge in [-0.2, -0.15) is 0 Å². The molecule has 0 unspecified atom stereocenters. The van der Waals surface area contributed by atoms with Crippen LogP contribution in [0.4, 0.5) is 5.69 Å². The summed E-state index contributed by atoms with van der Waals surface area (Å²) in [6.07, 6.45) is -0.339. The molecular formula is C21H23NO5. The zero-order valence-corrected chi connectivity index (χ0v) is 15.6. The van der Waals surface area contributed by atoms with Crippen LogP contribution in [0.3, 0.4) is 0 Å². The number of amides is 1. The van der Waals surface area contributed by atoms with Crippen LogP contribution in [0.1, 0.15) is 42.6 Å². The Morgan fingerprint density at radius 3 is 2.33 bits per heavy atom. The van der Waals surface area contributed by atoms with Crippen molar-refractivity contribution >= 4 is 23.9 Å². The molecule has 6 nitrogen and oxygen atoms in total. The highest BCUT2D eigenvalue weighted by atomic mass is 16.6. The van der Waals surface area contributed by atoms with Crippen molar-refractivity contribution in [1.82, 2.24) is 0 Å². The normalized spacial score (nSPS) is 11.6. The summed E-state index contributed by atoms with van der Waals surface area (Å²) in [5, 5.41) is 2.70. The van der Waals surface area contributed by atoms with Crippen molar-refractivity contribution in [3.63, 3.8) is 0 Å². The van der Waals surface area contributed by atoms with E-state index in [9.17, 15) is 14.4 Å². The van der Waals surface area contributed by atoms with Gasteiger partial charge in [-0.1, -0.05) is 38.1 Å². The second kappa shape index (κ2) is 9.52. The van der Waals surface area contributed by atoms with Gasteiger partial charge in [0.25, 0.3) is 5.91 Å². The molecule has 0 spiro atoms. The van der Waals surface area contributed by atoms with E-state index in [2.05, 4.69) is 19.2 Å². The van der Waals surface area contributed by atoms with Gasteiger partial charge in [-0.05, 0) is 42.7 Å². The van der Waals surface area contributed by atoms with Crippen LogP contribution in [-0.2, 0) is 14.3 Å². The molecule has 27 heavy (non-hydrogen) atoms. The summed E-state index contributed by atoms with van der Waals surface area (Å²) in [7, 11) is 0. The molecule has 1 amide bonds. The highest BCUT2D eigenvalue weighted by Crippen LogP contribution is 2.18. The molecule has 1 atom stereocenters. The number of ether oxygens (including phenoxy) is 2. The molecule has 0 saturated heterocycles. The van der Waals surface area contributed by atoms with Gasteiger partial charge >= 0.3 is 5.97 Å². The van der Waals surface area contributed by atoms with Crippen LogP contribution < -0.4 is 10.1 Å². The fourth-order valence-electron chi connectivity index (χ4n) is 2.33. The molecule has 0 aliphatic heterocycles. The number of hydrogen-bond donors (Lipinski definition) is 1. The van der Waals surface area contributed by atoms with Crippen LogP contribution in [0.15, 0.2) is 48.5 Å². The van der Waals surface area contributed by atoms with Crippen molar-refractivity contribution in [1.29, 1.82) is 0 Å². The number of rotatable bonds is 8. The standard InChI is InChI=1S/C21H23NO5/c1-14(2)16-8-10-18(11-9-16)22-21(25)15(3)27-20(24)13-26-19-7-5-4-6-17(19)12-23/h4-12,14-15H,13H2,1-3H3,(H,22,25)/t15-/m1/s1. The predicted molar refractivity (Wildman–Crippen MR) is 102 cm³/mol. The van der Waals surface area contributed by atoms with Crippen molar-refractivity contribution < 1.29 is 23.9 Å². The first kappa shape index (κ1) is 20.2. The molecule has 0 aromatic heterocycles. The van der Waals surface area contributed by atoms with E-state index in [4.69, 9.17) is 9.47 Å². The minimum atomic E-state index is -0.979. The van der Waals surface area contributed by atoms with E-state index in [0.29, 0.717) is 23.5 Å². The number of esters is 1. The molecule has 0 radical (unpaired) electrons. The van der Waals surface area contributed by atoms with Crippen LogP contribution in [0.25, 0.3) is 0 Å². The van der Waals surface area contributed by atoms with E-state index in [1.165, 1.54) is 12.5 Å². The summed E-state index contributed by atoms with van der Waals surface area (Å²) in [5.74, 6) is -0.451. The molecule has 6 heteroatoms. The average Bonchev–Trinajstić information content (AvgIpc) is 2.66. The lowest BCUT2D eigenvalue weighted by atomic mass is 10.0. The summed E-state index contributed by atoms with van der Waals surface area (Å²) in [4.78, 5) is 35.0. The van der Waals surface area contributed by atoms with Gasteiger partial charge in [0, 0.05) is 5.69 Å². The highest BCUT2D eigenvalue weighted by molar-refractivity contribution is 5.95. The molecular weight excluding hydrogens is 346 g/mol. The van der Waals surface area contributed by atoms with E-state index < -0.39 is 24.6 Å². The molecule has 2 aromatic rings. The Morgan fingerprint density at radius 2 is 1.70 bits per heavy atom. The Morgan fingerprint density at radius 1 is 1.04 bits per heavy atom. The van der Waals surface area contributed by atoms with E-state index in [-0.39, 0.29) is 5.75 Å².